The molecule has 0 aliphatic rings. The molecule has 1 heterocycles. The van der Waals surface area contributed by atoms with Gasteiger partial charge in [0.05, 0.1) is 6.61 Å². The molecule has 1 atom stereocenters. The van der Waals surface area contributed by atoms with Crippen LogP contribution in [0.25, 0.3) is 21.1 Å². The van der Waals surface area contributed by atoms with Crippen LogP contribution in [-0.4, -0.2) is 16.8 Å². The van der Waals surface area contributed by atoms with Crippen LogP contribution in [0.4, 0.5) is 4.39 Å². The molecule has 3 nitrogen and oxygen atoms in total. The molecule has 0 spiro atoms. The van der Waals surface area contributed by atoms with Gasteiger partial charge in [-0.3, -0.25) is 0 Å². The van der Waals surface area contributed by atoms with Crippen molar-refractivity contribution < 1.29 is 9.13 Å². The highest BCUT2D eigenvalue weighted by molar-refractivity contribution is 7.17. The van der Waals surface area contributed by atoms with Crippen molar-refractivity contribution in [1.29, 1.82) is 0 Å². The van der Waals surface area contributed by atoms with Gasteiger partial charge in [0.1, 0.15) is 16.6 Å². The van der Waals surface area contributed by atoms with Crippen LogP contribution in [0.2, 0.25) is 0 Å². The molecule has 1 unspecified atom stereocenters. The van der Waals surface area contributed by atoms with E-state index in [0.717, 1.165) is 29.8 Å². The van der Waals surface area contributed by atoms with Crippen LogP contribution in [0.3, 0.4) is 0 Å². The number of ether oxygens (including phenoxy) is 1. The van der Waals surface area contributed by atoms with Gasteiger partial charge in [0.2, 0.25) is 0 Å². The Bertz CT molecular complexity index is 955. The smallest absolute Gasteiger partial charge is 0.151 e. The SMILES string of the molecule is CCCCCCCCOc1ccc(-c2nnc(-c3ccc(CC(C)CC)cc3)s2)c(F)c1. The highest BCUT2D eigenvalue weighted by atomic mass is 32.1. The maximum absolute atomic E-state index is 14.7. The third-order valence-corrected chi connectivity index (χ3v) is 6.85. The number of hydrogen-bond acceptors (Lipinski definition) is 4. The van der Waals surface area contributed by atoms with E-state index in [9.17, 15) is 4.39 Å². The van der Waals surface area contributed by atoms with Crippen molar-refractivity contribution in [3.05, 3.63) is 53.8 Å². The molecule has 3 aromatic rings. The van der Waals surface area contributed by atoms with E-state index in [2.05, 4.69) is 55.2 Å². The van der Waals surface area contributed by atoms with E-state index in [1.54, 1.807) is 6.07 Å². The Morgan fingerprint density at radius 1 is 0.906 bits per heavy atom. The minimum absolute atomic E-state index is 0.322. The predicted octanol–water partition coefficient (Wildman–Crippen LogP) is 8.34. The minimum atomic E-state index is -0.322. The maximum atomic E-state index is 14.7. The standard InChI is InChI=1S/C27H35FN2OS/c1-4-6-7-8-9-10-17-31-23-15-16-24(25(28)19-23)27-30-29-26(32-27)22-13-11-21(12-14-22)18-20(3)5-2/h11-16,19-20H,4-10,17-18H2,1-3H3. The summed E-state index contributed by atoms with van der Waals surface area (Å²) in [6.07, 6.45) is 9.49. The third-order valence-electron chi connectivity index (χ3n) is 5.84. The first kappa shape index (κ1) is 24.4. The number of unbranched alkanes of at least 4 members (excludes halogenated alkanes) is 5. The number of aromatic nitrogens is 2. The molecule has 32 heavy (non-hydrogen) atoms. The first-order chi connectivity index (χ1) is 15.6. The predicted molar refractivity (Wildman–Crippen MR) is 133 cm³/mol. The van der Waals surface area contributed by atoms with Crippen molar-refractivity contribution in [3.8, 4) is 26.9 Å². The Kier molecular flexibility index (Phi) is 9.66. The summed E-state index contributed by atoms with van der Waals surface area (Å²) < 4.78 is 20.5. The van der Waals surface area contributed by atoms with Crippen molar-refractivity contribution in [2.45, 2.75) is 72.1 Å². The molecule has 2 aromatic carbocycles. The maximum Gasteiger partial charge on any atom is 0.151 e. The highest BCUT2D eigenvalue weighted by Crippen LogP contribution is 2.33. The molecule has 5 heteroatoms. The van der Waals surface area contributed by atoms with Gasteiger partial charge in [0, 0.05) is 17.2 Å². The molecule has 0 saturated heterocycles. The fourth-order valence-electron chi connectivity index (χ4n) is 3.61. The molecule has 0 radical (unpaired) electrons. The summed E-state index contributed by atoms with van der Waals surface area (Å²) in [6, 6.07) is 13.5. The number of hydrogen-bond donors (Lipinski definition) is 0. The van der Waals surface area contributed by atoms with Gasteiger partial charge >= 0.3 is 0 Å². The van der Waals surface area contributed by atoms with E-state index in [1.807, 2.05) is 6.07 Å². The van der Waals surface area contributed by atoms with Gasteiger partial charge in [0.25, 0.3) is 0 Å². The topological polar surface area (TPSA) is 35.0 Å². The number of halogens is 1. The second-order valence-electron chi connectivity index (χ2n) is 8.58. The fraction of sp³-hybridized carbons (Fsp3) is 0.481. The summed E-state index contributed by atoms with van der Waals surface area (Å²) >= 11 is 1.41. The Morgan fingerprint density at radius 3 is 2.34 bits per heavy atom. The van der Waals surface area contributed by atoms with E-state index < -0.39 is 0 Å². The quantitative estimate of drug-likeness (QED) is 0.243. The summed E-state index contributed by atoms with van der Waals surface area (Å²) in [5.74, 6) is 0.924. The molecular weight excluding hydrogens is 419 g/mol. The van der Waals surface area contributed by atoms with Gasteiger partial charge < -0.3 is 4.74 Å². The van der Waals surface area contributed by atoms with Gasteiger partial charge in [-0.15, -0.1) is 10.2 Å². The highest BCUT2D eigenvalue weighted by Gasteiger charge is 2.14. The molecule has 0 fully saturated rings. The second-order valence-corrected chi connectivity index (χ2v) is 9.56. The zero-order chi connectivity index (χ0) is 22.8. The van der Waals surface area contributed by atoms with Crippen LogP contribution in [-0.2, 0) is 6.42 Å². The summed E-state index contributed by atoms with van der Waals surface area (Å²) in [7, 11) is 0. The van der Waals surface area contributed by atoms with Gasteiger partial charge in [0.15, 0.2) is 5.01 Å². The van der Waals surface area contributed by atoms with Gasteiger partial charge in [-0.2, -0.15) is 0 Å². The Hall–Kier alpha value is -2.27. The number of rotatable bonds is 13. The molecule has 0 N–H and O–H groups in total. The number of nitrogens with zero attached hydrogens (tertiary/aromatic N) is 2. The third kappa shape index (κ3) is 7.13. The molecule has 0 aliphatic carbocycles. The first-order valence-electron chi connectivity index (χ1n) is 12.0. The second kappa shape index (κ2) is 12.7. The van der Waals surface area contributed by atoms with E-state index in [4.69, 9.17) is 4.74 Å². The summed E-state index contributed by atoms with van der Waals surface area (Å²) in [4.78, 5) is 0. The van der Waals surface area contributed by atoms with Crippen LogP contribution >= 0.6 is 11.3 Å². The van der Waals surface area contributed by atoms with Crippen LogP contribution in [0.5, 0.6) is 5.75 Å². The molecule has 172 valence electrons. The van der Waals surface area contributed by atoms with Gasteiger partial charge in [-0.25, -0.2) is 4.39 Å². The average Bonchev–Trinajstić information content (AvgIpc) is 3.29. The lowest BCUT2D eigenvalue weighted by atomic mass is 9.98. The van der Waals surface area contributed by atoms with E-state index in [1.165, 1.54) is 55.1 Å². The van der Waals surface area contributed by atoms with Crippen molar-refractivity contribution in [3.63, 3.8) is 0 Å². The van der Waals surface area contributed by atoms with E-state index in [0.29, 0.717) is 28.8 Å². The molecule has 1 aromatic heterocycles. The first-order valence-corrected chi connectivity index (χ1v) is 12.8. The summed E-state index contributed by atoms with van der Waals surface area (Å²) in [5.41, 5.74) is 2.81. The normalized spacial score (nSPS) is 12.1. The Morgan fingerprint density at radius 2 is 1.62 bits per heavy atom. The van der Waals surface area contributed by atoms with Crippen LogP contribution in [0, 0.1) is 11.7 Å². The van der Waals surface area contributed by atoms with Crippen LogP contribution in [0.1, 0.15) is 71.3 Å². The van der Waals surface area contributed by atoms with Gasteiger partial charge in [-0.1, -0.05) is 94.9 Å². The Labute approximate surface area is 196 Å². The monoisotopic (exact) mass is 454 g/mol. The van der Waals surface area contributed by atoms with E-state index in [-0.39, 0.29) is 5.82 Å². The van der Waals surface area contributed by atoms with Crippen molar-refractivity contribution in [2.24, 2.45) is 5.92 Å². The fourth-order valence-corrected chi connectivity index (χ4v) is 4.49. The van der Waals surface area contributed by atoms with Crippen molar-refractivity contribution >= 4 is 11.3 Å². The molecule has 3 rings (SSSR count). The van der Waals surface area contributed by atoms with Crippen LogP contribution in [0.15, 0.2) is 42.5 Å². The minimum Gasteiger partial charge on any atom is -0.493 e. The molecule has 0 bridgehead atoms. The lowest BCUT2D eigenvalue weighted by molar-refractivity contribution is 0.303. The zero-order valence-electron chi connectivity index (χ0n) is 19.6. The van der Waals surface area contributed by atoms with Crippen LogP contribution < -0.4 is 4.74 Å². The number of benzene rings is 2. The van der Waals surface area contributed by atoms with Crippen molar-refractivity contribution in [2.75, 3.05) is 6.61 Å². The van der Waals surface area contributed by atoms with Crippen molar-refractivity contribution in [1.82, 2.24) is 10.2 Å². The van der Waals surface area contributed by atoms with E-state index >= 15 is 0 Å². The largest absolute Gasteiger partial charge is 0.493 e. The Balaban J connectivity index is 1.57. The average molecular weight is 455 g/mol. The molecular formula is C27H35FN2OS. The zero-order valence-corrected chi connectivity index (χ0v) is 20.4. The van der Waals surface area contributed by atoms with Gasteiger partial charge in [-0.05, 0) is 36.5 Å². The summed E-state index contributed by atoms with van der Waals surface area (Å²) in [6.45, 7) is 7.33. The summed E-state index contributed by atoms with van der Waals surface area (Å²) in [5, 5.41) is 9.92. The molecule has 0 saturated carbocycles. The lowest BCUT2D eigenvalue weighted by Crippen LogP contribution is -1.98. The molecule has 0 aliphatic heterocycles. The molecule has 0 amide bonds. The lowest BCUT2D eigenvalue weighted by Gasteiger charge is -2.08.